The van der Waals surface area contributed by atoms with Gasteiger partial charge in [-0.15, -0.1) is 0 Å². The van der Waals surface area contributed by atoms with Gasteiger partial charge in [-0.25, -0.2) is 0 Å². The SMILES string of the molecule is CCC(C)CCCCCCCCCCCCCCCCC(=O)O[C@@H](COC(=O)CCCCCCCCCCCCC(C)CC)COC(=O)CCCCCCCCCCC(C)C. The molecule has 0 radical (unpaired) electrons. The topological polar surface area (TPSA) is 78.9 Å². The highest BCUT2D eigenvalue weighted by Gasteiger charge is 2.19. The molecule has 0 spiro atoms. The van der Waals surface area contributed by atoms with Crippen molar-refractivity contribution in [3.05, 3.63) is 0 Å². The molecule has 6 nitrogen and oxygen atoms in total. The summed E-state index contributed by atoms with van der Waals surface area (Å²) in [5, 5.41) is 0. The molecule has 0 saturated heterocycles. The highest BCUT2D eigenvalue weighted by atomic mass is 16.6. The summed E-state index contributed by atoms with van der Waals surface area (Å²) in [7, 11) is 0. The number of carbonyl (C=O) groups excluding carboxylic acids is 3. The maximum Gasteiger partial charge on any atom is 0.306 e. The highest BCUT2D eigenvalue weighted by Crippen LogP contribution is 2.19. The largest absolute Gasteiger partial charge is 0.462 e. The monoisotopic (exact) mass is 863 g/mol. The minimum absolute atomic E-state index is 0.0647. The normalized spacial score (nSPS) is 13.0. The van der Waals surface area contributed by atoms with Gasteiger partial charge in [0.2, 0.25) is 0 Å². The summed E-state index contributed by atoms with van der Waals surface area (Å²) in [5.41, 5.74) is 0. The van der Waals surface area contributed by atoms with Gasteiger partial charge in [0.25, 0.3) is 0 Å². The Kier molecular flexibility index (Phi) is 45.2. The van der Waals surface area contributed by atoms with Crippen LogP contribution in [0.4, 0.5) is 0 Å². The van der Waals surface area contributed by atoms with Crippen LogP contribution in [-0.4, -0.2) is 37.2 Å². The Morgan fingerprint density at radius 1 is 0.328 bits per heavy atom. The van der Waals surface area contributed by atoms with Gasteiger partial charge in [-0.3, -0.25) is 14.4 Å². The molecular formula is C55H106O6. The summed E-state index contributed by atoms with van der Waals surface area (Å²) in [5.74, 6) is 1.71. The molecule has 2 unspecified atom stereocenters. The predicted molar refractivity (Wildman–Crippen MR) is 261 cm³/mol. The van der Waals surface area contributed by atoms with Gasteiger partial charge >= 0.3 is 17.9 Å². The summed E-state index contributed by atoms with van der Waals surface area (Å²) < 4.78 is 16.8. The van der Waals surface area contributed by atoms with E-state index in [1.54, 1.807) is 0 Å². The average molecular weight is 863 g/mol. The van der Waals surface area contributed by atoms with Crippen LogP contribution >= 0.6 is 0 Å². The number of unbranched alkanes of at least 4 members (excludes halogenated alkanes) is 29. The third-order valence-corrected chi connectivity index (χ3v) is 13.1. The van der Waals surface area contributed by atoms with Gasteiger partial charge in [-0.05, 0) is 37.0 Å². The van der Waals surface area contributed by atoms with Gasteiger partial charge < -0.3 is 14.2 Å². The lowest BCUT2D eigenvalue weighted by molar-refractivity contribution is -0.167. The van der Waals surface area contributed by atoms with E-state index in [0.717, 1.165) is 75.5 Å². The quantitative estimate of drug-likeness (QED) is 0.0344. The van der Waals surface area contributed by atoms with E-state index in [9.17, 15) is 14.4 Å². The molecule has 6 heteroatoms. The molecular weight excluding hydrogens is 757 g/mol. The average Bonchev–Trinajstić information content (AvgIpc) is 3.24. The summed E-state index contributed by atoms with van der Waals surface area (Å²) in [6.07, 6.45) is 46.5. The van der Waals surface area contributed by atoms with Crippen molar-refractivity contribution in [2.45, 2.75) is 304 Å². The molecule has 0 aliphatic rings. The zero-order valence-electron chi connectivity index (χ0n) is 42.0. The molecule has 0 aliphatic carbocycles. The van der Waals surface area contributed by atoms with E-state index in [4.69, 9.17) is 14.2 Å². The van der Waals surface area contributed by atoms with E-state index in [-0.39, 0.29) is 31.1 Å². The van der Waals surface area contributed by atoms with Crippen LogP contribution in [0.2, 0.25) is 0 Å². The minimum atomic E-state index is -0.763. The van der Waals surface area contributed by atoms with Gasteiger partial charge in [-0.1, -0.05) is 260 Å². The Morgan fingerprint density at radius 3 is 0.852 bits per heavy atom. The summed E-state index contributed by atoms with van der Waals surface area (Å²) in [4.78, 5) is 38.0. The fourth-order valence-corrected chi connectivity index (χ4v) is 8.23. The number of rotatable bonds is 48. The fourth-order valence-electron chi connectivity index (χ4n) is 8.23. The van der Waals surface area contributed by atoms with E-state index >= 15 is 0 Å². The van der Waals surface area contributed by atoms with Crippen LogP contribution in [0.5, 0.6) is 0 Å². The number of carbonyl (C=O) groups is 3. The van der Waals surface area contributed by atoms with E-state index in [2.05, 4.69) is 41.5 Å². The van der Waals surface area contributed by atoms with Crippen molar-refractivity contribution in [2.24, 2.45) is 17.8 Å². The second kappa shape index (κ2) is 46.4. The van der Waals surface area contributed by atoms with Gasteiger partial charge in [0.1, 0.15) is 13.2 Å². The van der Waals surface area contributed by atoms with Crippen molar-refractivity contribution in [3.8, 4) is 0 Å². The summed E-state index contributed by atoms with van der Waals surface area (Å²) in [6, 6.07) is 0. The predicted octanol–water partition coefficient (Wildman–Crippen LogP) is 17.6. The molecule has 0 fully saturated rings. The molecule has 0 amide bonds. The molecule has 0 aromatic rings. The maximum absolute atomic E-state index is 12.8. The van der Waals surface area contributed by atoms with Crippen molar-refractivity contribution in [3.63, 3.8) is 0 Å². The Bertz CT molecular complexity index is 949. The van der Waals surface area contributed by atoms with Gasteiger partial charge in [-0.2, -0.15) is 0 Å². The Labute approximate surface area is 380 Å². The second-order valence-electron chi connectivity index (χ2n) is 19.8. The standard InChI is InChI=1S/C55H106O6/c1-7-50(5)42-36-30-24-17-13-11-9-10-12-14-20-28-34-40-46-55(58)61-52(48-60-54(57)45-39-33-27-22-21-23-29-35-41-49(3)4)47-59-53(56)44-38-32-26-19-16-15-18-25-31-37-43-51(6)8-2/h49-52H,7-48H2,1-6H3/t50?,51?,52-/m0/s1. The zero-order chi connectivity index (χ0) is 44.9. The fraction of sp³-hybridized carbons (Fsp3) is 0.945. The van der Waals surface area contributed by atoms with Crippen molar-refractivity contribution in [2.75, 3.05) is 13.2 Å². The van der Waals surface area contributed by atoms with Crippen molar-refractivity contribution in [1.82, 2.24) is 0 Å². The Morgan fingerprint density at radius 2 is 0.574 bits per heavy atom. The molecule has 0 N–H and O–H groups in total. The lowest BCUT2D eigenvalue weighted by atomic mass is 9.99. The molecule has 0 aromatic carbocycles. The first-order chi connectivity index (χ1) is 29.7. The van der Waals surface area contributed by atoms with E-state index in [0.29, 0.717) is 19.3 Å². The summed E-state index contributed by atoms with van der Waals surface area (Å²) in [6.45, 7) is 13.8. The van der Waals surface area contributed by atoms with Crippen LogP contribution in [0.3, 0.4) is 0 Å². The first-order valence-corrected chi connectivity index (χ1v) is 27.2. The van der Waals surface area contributed by atoms with Crippen LogP contribution in [0.15, 0.2) is 0 Å². The lowest BCUT2D eigenvalue weighted by Crippen LogP contribution is -2.30. The maximum atomic E-state index is 12.8. The third-order valence-electron chi connectivity index (χ3n) is 13.1. The van der Waals surface area contributed by atoms with Crippen molar-refractivity contribution in [1.29, 1.82) is 0 Å². The Hall–Kier alpha value is -1.59. The van der Waals surface area contributed by atoms with Crippen LogP contribution in [-0.2, 0) is 28.6 Å². The number of hydrogen-bond acceptors (Lipinski definition) is 6. The lowest BCUT2D eigenvalue weighted by Gasteiger charge is -2.18. The van der Waals surface area contributed by atoms with E-state index in [1.807, 2.05) is 0 Å². The number of hydrogen-bond donors (Lipinski definition) is 0. The molecule has 61 heavy (non-hydrogen) atoms. The van der Waals surface area contributed by atoms with Crippen molar-refractivity contribution >= 4 is 17.9 Å². The van der Waals surface area contributed by atoms with Gasteiger partial charge in [0.15, 0.2) is 6.10 Å². The third kappa shape index (κ3) is 46.2. The van der Waals surface area contributed by atoms with Crippen LogP contribution in [0.1, 0.15) is 298 Å². The zero-order valence-corrected chi connectivity index (χ0v) is 42.0. The summed E-state index contributed by atoms with van der Waals surface area (Å²) >= 11 is 0. The van der Waals surface area contributed by atoms with Crippen LogP contribution < -0.4 is 0 Å². The van der Waals surface area contributed by atoms with Gasteiger partial charge in [0, 0.05) is 19.3 Å². The van der Waals surface area contributed by atoms with Crippen molar-refractivity contribution < 1.29 is 28.6 Å². The van der Waals surface area contributed by atoms with E-state index in [1.165, 1.54) is 180 Å². The number of esters is 3. The highest BCUT2D eigenvalue weighted by molar-refractivity contribution is 5.71. The molecule has 0 aromatic heterocycles. The molecule has 0 bridgehead atoms. The van der Waals surface area contributed by atoms with Crippen LogP contribution in [0, 0.1) is 17.8 Å². The number of ether oxygens (including phenoxy) is 3. The van der Waals surface area contributed by atoms with Gasteiger partial charge in [0.05, 0.1) is 0 Å². The first-order valence-electron chi connectivity index (χ1n) is 27.2. The molecule has 0 rings (SSSR count). The molecule has 0 saturated carbocycles. The molecule has 3 atom stereocenters. The molecule has 0 aliphatic heterocycles. The Balaban J connectivity index is 4.30. The molecule has 362 valence electrons. The second-order valence-corrected chi connectivity index (χ2v) is 19.8. The molecule has 0 heterocycles. The minimum Gasteiger partial charge on any atom is -0.462 e. The van der Waals surface area contributed by atoms with Crippen LogP contribution in [0.25, 0.3) is 0 Å². The smallest absolute Gasteiger partial charge is 0.306 e. The van der Waals surface area contributed by atoms with E-state index < -0.39 is 6.10 Å². The first kappa shape index (κ1) is 59.4.